The maximum Gasteiger partial charge on any atom is 0.117 e. The molecule has 4 heteroatoms. The van der Waals surface area contributed by atoms with Crippen LogP contribution in [0.3, 0.4) is 0 Å². The van der Waals surface area contributed by atoms with E-state index in [1.807, 2.05) is 18.2 Å². The van der Waals surface area contributed by atoms with Crippen molar-refractivity contribution >= 4 is 22.6 Å². The highest BCUT2D eigenvalue weighted by atomic mass is 35.5. The SMILES string of the molecule is CC1CCC(CN)(c2nc3ccc(Cl)cc3n2C)CC1. The molecular formula is C16H22ClN3. The largest absolute Gasteiger partial charge is 0.331 e. The molecule has 3 rings (SSSR count). The van der Waals surface area contributed by atoms with Gasteiger partial charge in [0.25, 0.3) is 0 Å². The van der Waals surface area contributed by atoms with Gasteiger partial charge in [0.2, 0.25) is 0 Å². The second-order valence-corrected chi connectivity index (χ2v) is 6.73. The van der Waals surface area contributed by atoms with Gasteiger partial charge in [-0.2, -0.15) is 0 Å². The van der Waals surface area contributed by atoms with Crippen LogP contribution in [0.1, 0.15) is 38.4 Å². The molecule has 1 aromatic heterocycles. The predicted molar refractivity (Wildman–Crippen MR) is 84.1 cm³/mol. The molecule has 1 aromatic carbocycles. The summed E-state index contributed by atoms with van der Waals surface area (Å²) in [5.41, 5.74) is 8.30. The molecular weight excluding hydrogens is 270 g/mol. The van der Waals surface area contributed by atoms with E-state index in [0.29, 0.717) is 6.54 Å². The van der Waals surface area contributed by atoms with Gasteiger partial charge in [0.15, 0.2) is 0 Å². The number of fused-ring (bicyclic) bond motifs is 1. The summed E-state index contributed by atoms with van der Waals surface area (Å²) >= 11 is 6.11. The first-order valence-corrected chi connectivity index (χ1v) is 7.76. The van der Waals surface area contributed by atoms with Crippen molar-refractivity contribution in [2.75, 3.05) is 6.54 Å². The number of imidazole rings is 1. The molecule has 1 aliphatic rings. The molecule has 1 heterocycles. The fourth-order valence-corrected chi connectivity index (χ4v) is 3.64. The van der Waals surface area contributed by atoms with Gasteiger partial charge in [0.1, 0.15) is 5.82 Å². The number of aryl methyl sites for hydroxylation is 1. The van der Waals surface area contributed by atoms with E-state index in [0.717, 1.165) is 40.6 Å². The number of hydrogen-bond acceptors (Lipinski definition) is 2. The molecule has 20 heavy (non-hydrogen) atoms. The van der Waals surface area contributed by atoms with Crippen molar-refractivity contribution in [3.8, 4) is 0 Å². The maximum absolute atomic E-state index is 6.16. The molecule has 0 aliphatic heterocycles. The van der Waals surface area contributed by atoms with E-state index in [1.54, 1.807) is 0 Å². The molecule has 0 saturated heterocycles. The van der Waals surface area contributed by atoms with Crippen molar-refractivity contribution in [1.29, 1.82) is 0 Å². The summed E-state index contributed by atoms with van der Waals surface area (Å²) in [4.78, 5) is 4.87. The molecule has 3 nitrogen and oxygen atoms in total. The Bertz CT molecular complexity index is 624. The average molecular weight is 292 g/mol. The molecule has 2 aromatic rings. The van der Waals surface area contributed by atoms with Crippen LogP contribution in [-0.4, -0.2) is 16.1 Å². The number of benzene rings is 1. The molecule has 1 saturated carbocycles. The summed E-state index contributed by atoms with van der Waals surface area (Å²) in [7, 11) is 2.08. The Morgan fingerprint density at radius 1 is 1.40 bits per heavy atom. The van der Waals surface area contributed by atoms with E-state index in [4.69, 9.17) is 22.3 Å². The molecule has 1 fully saturated rings. The lowest BCUT2D eigenvalue weighted by molar-refractivity contribution is 0.233. The van der Waals surface area contributed by atoms with Gasteiger partial charge in [-0.1, -0.05) is 18.5 Å². The molecule has 0 amide bonds. The highest BCUT2D eigenvalue weighted by Crippen LogP contribution is 2.41. The number of rotatable bonds is 2. The maximum atomic E-state index is 6.16. The molecule has 0 bridgehead atoms. The number of nitrogens with zero attached hydrogens (tertiary/aromatic N) is 2. The van der Waals surface area contributed by atoms with Gasteiger partial charge in [-0.05, 0) is 49.8 Å². The van der Waals surface area contributed by atoms with Crippen LogP contribution in [-0.2, 0) is 12.5 Å². The third-order valence-electron chi connectivity index (χ3n) is 4.94. The predicted octanol–water partition coefficient (Wildman–Crippen LogP) is 3.63. The second-order valence-electron chi connectivity index (χ2n) is 6.29. The first-order valence-electron chi connectivity index (χ1n) is 7.38. The summed E-state index contributed by atoms with van der Waals surface area (Å²) in [6, 6.07) is 5.89. The number of hydrogen-bond donors (Lipinski definition) is 1. The third kappa shape index (κ3) is 2.13. The van der Waals surface area contributed by atoms with Gasteiger partial charge in [-0.3, -0.25) is 0 Å². The summed E-state index contributed by atoms with van der Waals surface area (Å²) < 4.78 is 2.18. The smallest absolute Gasteiger partial charge is 0.117 e. The van der Waals surface area contributed by atoms with Crippen LogP contribution in [0, 0.1) is 5.92 Å². The van der Waals surface area contributed by atoms with Gasteiger partial charge in [-0.15, -0.1) is 0 Å². The minimum Gasteiger partial charge on any atom is -0.331 e. The standard InChI is InChI=1S/C16H22ClN3/c1-11-5-7-16(10-18,8-6-11)15-19-13-4-3-12(17)9-14(13)20(15)2/h3-4,9,11H,5-8,10,18H2,1-2H3. The summed E-state index contributed by atoms with van der Waals surface area (Å²) in [5.74, 6) is 1.93. The Labute approximate surface area is 125 Å². The number of halogens is 1. The van der Waals surface area contributed by atoms with E-state index in [1.165, 1.54) is 12.8 Å². The molecule has 1 aliphatic carbocycles. The summed E-state index contributed by atoms with van der Waals surface area (Å²) in [6.07, 6.45) is 4.74. The molecule has 0 unspecified atom stereocenters. The van der Waals surface area contributed by atoms with Crippen LogP contribution in [0.25, 0.3) is 11.0 Å². The first-order chi connectivity index (χ1) is 9.55. The highest BCUT2D eigenvalue weighted by molar-refractivity contribution is 6.31. The second kappa shape index (κ2) is 5.05. The van der Waals surface area contributed by atoms with E-state index in [2.05, 4.69) is 18.5 Å². The van der Waals surface area contributed by atoms with Crippen molar-refractivity contribution in [3.05, 3.63) is 29.0 Å². The van der Waals surface area contributed by atoms with Crippen molar-refractivity contribution in [1.82, 2.24) is 9.55 Å². The van der Waals surface area contributed by atoms with Gasteiger partial charge in [0.05, 0.1) is 11.0 Å². The zero-order chi connectivity index (χ0) is 14.3. The molecule has 0 atom stereocenters. The topological polar surface area (TPSA) is 43.8 Å². The normalized spacial score (nSPS) is 27.1. The lowest BCUT2D eigenvalue weighted by atomic mass is 9.70. The molecule has 2 N–H and O–H groups in total. The van der Waals surface area contributed by atoms with Crippen LogP contribution < -0.4 is 5.73 Å². The minimum atomic E-state index is 0.0345. The first kappa shape index (κ1) is 13.9. The lowest BCUT2D eigenvalue weighted by Gasteiger charge is -2.37. The Balaban J connectivity index is 2.10. The van der Waals surface area contributed by atoms with E-state index < -0.39 is 0 Å². The van der Waals surface area contributed by atoms with Crippen LogP contribution in [0.2, 0.25) is 5.02 Å². The fourth-order valence-electron chi connectivity index (χ4n) is 3.47. The van der Waals surface area contributed by atoms with Gasteiger partial charge < -0.3 is 10.3 Å². The lowest BCUT2D eigenvalue weighted by Crippen LogP contribution is -2.40. The van der Waals surface area contributed by atoms with Gasteiger partial charge in [-0.25, -0.2) is 4.98 Å². The highest BCUT2D eigenvalue weighted by Gasteiger charge is 2.38. The van der Waals surface area contributed by atoms with Crippen LogP contribution in [0.15, 0.2) is 18.2 Å². The monoisotopic (exact) mass is 291 g/mol. The molecule has 0 spiro atoms. The summed E-state index contributed by atoms with van der Waals surface area (Å²) in [5, 5.41) is 0.756. The van der Waals surface area contributed by atoms with Crippen molar-refractivity contribution < 1.29 is 0 Å². The number of nitrogens with two attached hydrogens (primary N) is 1. The van der Waals surface area contributed by atoms with Crippen LogP contribution in [0.4, 0.5) is 0 Å². The fraction of sp³-hybridized carbons (Fsp3) is 0.562. The average Bonchev–Trinajstić information content (AvgIpc) is 2.78. The Morgan fingerprint density at radius 3 is 2.75 bits per heavy atom. The molecule has 108 valence electrons. The summed E-state index contributed by atoms with van der Waals surface area (Å²) in [6.45, 7) is 3.00. The van der Waals surface area contributed by atoms with Gasteiger partial charge in [0, 0.05) is 24.0 Å². The zero-order valence-corrected chi connectivity index (χ0v) is 13.0. The zero-order valence-electron chi connectivity index (χ0n) is 12.2. The number of aromatic nitrogens is 2. The van der Waals surface area contributed by atoms with E-state index in [9.17, 15) is 0 Å². The Hall–Kier alpha value is -1.06. The minimum absolute atomic E-state index is 0.0345. The quantitative estimate of drug-likeness (QED) is 0.918. The van der Waals surface area contributed by atoms with Crippen molar-refractivity contribution in [2.24, 2.45) is 18.7 Å². The Kier molecular flexibility index (Phi) is 3.51. The van der Waals surface area contributed by atoms with Gasteiger partial charge >= 0.3 is 0 Å². The van der Waals surface area contributed by atoms with Crippen molar-refractivity contribution in [2.45, 2.75) is 38.0 Å². The van der Waals surface area contributed by atoms with Crippen molar-refractivity contribution in [3.63, 3.8) is 0 Å². The van der Waals surface area contributed by atoms with E-state index in [-0.39, 0.29) is 5.41 Å². The van der Waals surface area contributed by atoms with Crippen LogP contribution in [0.5, 0.6) is 0 Å². The molecule has 0 radical (unpaired) electrons. The third-order valence-corrected chi connectivity index (χ3v) is 5.17. The van der Waals surface area contributed by atoms with E-state index >= 15 is 0 Å². The Morgan fingerprint density at radius 2 is 2.10 bits per heavy atom. The van der Waals surface area contributed by atoms with Crippen LogP contribution >= 0.6 is 11.6 Å².